The van der Waals surface area contributed by atoms with Gasteiger partial charge in [0.2, 0.25) is 0 Å². The maximum Gasteiger partial charge on any atom is 0.271 e. The third-order valence-corrected chi connectivity index (χ3v) is 5.24. The van der Waals surface area contributed by atoms with Gasteiger partial charge >= 0.3 is 0 Å². The van der Waals surface area contributed by atoms with Crippen LogP contribution in [0.25, 0.3) is 17.4 Å². The first-order chi connectivity index (χ1) is 13.3. The van der Waals surface area contributed by atoms with Crippen LogP contribution in [0.1, 0.15) is 26.5 Å². The minimum absolute atomic E-state index is 0.0517. The zero-order chi connectivity index (χ0) is 20.6. The Morgan fingerprint density at radius 1 is 1.14 bits per heavy atom. The Labute approximate surface area is 172 Å². The summed E-state index contributed by atoms with van der Waals surface area (Å²) in [4.78, 5) is 26.3. The third kappa shape index (κ3) is 3.37. The molecule has 28 heavy (non-hydrogen) atoms. The Bertz CT molecular complexity index is 1090. The number of furan rings is 1. The number of carbonyl (C=O) groups is 2. The van der Waals surface area contributed by atoms with Crippen LogP contribution in [0.5, 0.6) is 0 Å². The summed E-state index contributed by atoms with van der Waals surface area (Å²) >= 11 is 12.3. The highest BCUT2D eigenvalue weighted by molar-refractivity contribution is 6.43. The molecular weight excluding hydrogens is 399 g/mol. The maximum atomic E-state index is 12.8. The van der Waals surface area contributed by atoms with Gasteiger partial charge in [0.15, 0.2) is 0 Å². The van der Waals surface area contributed by atoms with Crippen LogP contribution in [0.15, 0.2) is 51.5 Å². The standard InChI is InChI=1S/C21H16Cl2N2O3/c1-11(2)25-20(26)15(12(3)16(10-24)21(25)27)9-13-7-8-18(28-13)14-5-4-6-17(22)19(14)23/h4-9,11H,1-3H3/b15-9+. The van der Waals surface area contributed by atoms with Crippen LogP contribution in [0.4, 0.5) is 0 Å². The molecule has 1 aliphatic rings. The van der Waals surface area contributed by atoms with Crippen molar-refractivity contribution in [2.24, 2.45) is 0 Å². The van der Waals surface area contributed by atoms with E-state index < -0.39 is 11.8 Å². The van der Waals surface area contributed by atoms with Crippen LogP contribution in [0, 0.1) is 11.3 Å². The first-order valence-electron chi connectivity index (χ1n) is 8.51. The van der Waals surface area contributed by atoms with Crippen LogP contribution >= 0.6 is 23.2 Å². The Hall–Kier alpha value is -2.81. The topological polar surface area (TPSA) is 74.3 Å². The summed E-state index contributed by atoms with van der Waals surface area (Å²) < 4.78 is 5.82. The summed E-state index contributed by atoms with van der Waals surface area (Å²) in [5.74, 6) is -0.163. The molecule has 1 aromatic heterocycles. The highest BCUT2D eigenvalue weighted by atomic mass is 35.5. The number of imide groups is 1. The molecule has 0 unspecified atom stereocenters. The van der Waals surface area contributed by atoms with Crippen molar-refractivity contribution in [2.75, 3.05) is 0 Å². The number of nitrogens with zero attached hydrogens (tertiary/aromatic N) is 2. The molecule has 2 aromatic rings. The summed E-state index contributed by atoms with van der Waals surface area (Å²) in [5.41, 5.74) is 1.14. The molecule has 5 nitrogen and oxygen atoms in total. The second kappa shape index (κ2) is 7.67. The van der Waals surface area contributed by atoms with Crippen molar-refractivity contribution in [1.82, 2.24) is 4.90 Å². The first kappa shape index (κ1) is 19.9. The molecule has 0 bridgehead atoms. The molecule has 0 fully saturated rings. The van der Waals surface area contributed by atoms with E-state index in [9.17, 15) is 14.9 Å². The Balaban J connectivity index is 2.08. The number of nitriles is 1. The van der Waals surface area contributed by atoms with E-state index in [0.717, 1.165) is 4.90 Å². The largest absolute Gasteiger partial charge is 0.457 e. The SMILES string of the molecule is CC1=C(C#N)C(=O)N(C(C)C)C(=O)/C1=C/c1ccc(-c2cccc(Cl)c2Cl)o1. The fraction of sp³-hybridized carbons (Fsp3) is 0.190. The van der Waals surface area contributed by atoms with Gasteiger partial charge in [-0.1, -0.05) is 29.3 Å². The molecule has 0 radical (unpaired) electrons. The summed E-state index contributed by atoms with van der Waals surface area (Å²) in [6.45, 7) is 5.01. The lowest BCUT2D eigenvalue weighted by Gasteiger charge is -2.30. The van der Waals surface area contributed by atoms with Crippen LogP contribution in [0.2, 0.25) is 10.0 Å². The van der Waals surface area contributed by atoms with Crippen molar-refractivity contribution in [3.63, 3.8) is 0 Å². The van der Waals surface area contributed by atoms with Gasteiger partial charge in [-0.2, -0.15) is 5.26 Å². The summed E-state index contributed by atoms with van der Waals surface area (Å²) in [6.07, 6.45) is 1.53. The van der Waals surface area contributed by atoms with Crippen molar-refractivity contribution < 1.29 is 14.0 Å². The van der Waals surface area contributed by atoms with E-state index in [-0.39, 0.29) is 17.2 Å². The number of benzene rings is 1. The molecule has 2 amide bonds. The monoisotopic (exact) mass is 414 g/mol. The third-order valence-electron chi connectivity index (χ3n) is 4.42. The first-order valence-corrected chi connectivity index (χ1v) is 9.27. The van der Waals surface area contributed by atoms with Gasteiger partial charge in [-0.3, -0.25) is 14.5 Å². The number of rotatable bonds is 3. The maximum absolute atomic E-state index is 12.8. The molecular formula is C21H16Cl2N2O3. The van der Waals surface area contributed by atoms with Gasteiger partial charge in [0.1, 0.15) is 23.2 Å². The smallest absolute Gasteiger partial charge is 0.271 e. The van der Waals surface area contributed by atoms with E-state index in [1.165, 1.54) is 6.08 Å². The molecule has 142 valence electrons. The predicted molar refractivity (Wildman–Crippen MR) is 107 cm³/mol. The summed E-state index contributed by atoms with van der Waals surface area (Å²) in [5, 5.41) is 10.1. The zero-order valence-corrected chi connectivity index (χ0v) is 16.9. The number of hydrogen-bond donors (Lipinski definition) is 0. The van der Waals surface area contributed by atoms with Gasteiger partial charge in [0.05, 0.1) is 10.0 Å². The molecule has 1 aromatic carbocycles. The van der Waals surface area contributed by atoms with Crippen molar-refractivity contribution in [1.29, 1.82) is 5.26 Å². The Kier molecular flexibility index (Phi) is 5.46. The summed E-state index contributed by atoms with van der Waals surface area (Å²) in [6, 6.07) is 10.1. The predicted octanol–water partition coefficient (Wildman–Crippen LogP) is 5.25. The van der Waals surface area contributed by atoms with Gasteiger partial charge < -0.3 is 4.42 Å². The van der Waals surface area contributed by atoms with Gasteiger partial charge in [0, 0.05) is 17.2 Å². The van der Waals surface area contributed by atoms with Crippen LogP contribution in [-0.2, 0) is 9.59 Å². The molecule has 0 spiro atoms. The lowest BCUT2D eigenvalue weighted by atomic mass is 9.94. The molecule has 0 aliphatic carbocycles. The molecule has 7 heteroatoms. The molecule has 0 atom stereocenters. The molecule has 2 heterocycles. The Morgan fingerprint density at radius 3 is 2.50 bits per heavy atom. The number of carbonyl (C=O) groups excluding carboxylic acids is 2. The van der Waals surface area contributed by atoms with Crippen molar-refractivity contribution >= 4 is 41.1 Å². The fourth-order valence-electron chi connectivity index (χ4n) is 2.98. The van der Waals surface area contributed by atoms with E-state index >= 15 is 0 Å². The zero-order valence-electron chi connectivity index (χ0n) is 15.4. The Morgan fingerprint density at radius 2 is 1.86 bits per heavy atom. The van der Waals surface area contributed by atoms with Crippen molar-refractivity contribution in [3.8, 4) is 17.4 Å². The highest BCUT2D eigenvalue weighted by Crippen LogP contribution is 2.35. The van der Waals surface area contributed by atoms with Gasteiger partial charge in [0.25, 0.3) is 11.8 Å². The molecule has 3 rings (SSSR count). The van der Waals surface area contributed by atoms with Crippen LogP contribution < -0.4 is 0 Å². The molecule has 0 saturated carbocycles. The number of halogens is 2. The average molecular weight is 415 g/mol. The van der Waals surface area contributed by atoms with Gasteiger partial charge in [-0.05, 0) is 56.7 Å². The van der Waals surface area contributed by atoms with E-state index in [0.29, 0.717) is 32.7 Å². The molecule has 1 aliphatic heterocycles. The minimum Gasteiger partial charge on any atom is -0.457 e. The van der Waals surface area contributed by atoms with Gasteiger partial charge in [-0.25, -0.2) is 0 Å². The lowest BCUT2D eigenvalue weighted by molar-refractivity contribution is -0.142. The average Bonchev–Trinajstić information content (AvgIpc) is 3.09. The van der Waals surface area contributed by atoms with E-state index in [4.69, 9.17) is 27.6 Å². The minimum atomic E-state index is -0.581. The van der Waals surface area contributed by atoms with Gasteiger partial charge in [-0.15, -0.1) is 0 Å². The molecule has 0 N–H and O–H groups in total. The molecule has 0 saturated heterocycles. The second-order valence-electron chi connectivity index (χ2n) is 6.55. The van der Waals surface area contributed by atoms with E-state index in [1.54, 1.807) is 51.1 Å². The summed E-state index contributed by atoms with van der Waals surface area (Å²) in [7, 11) is 0. The van der Waals surface area contributed by atoms with Crippen molar-refractivity contribution in [2.45, 2.75) is 26.8 Å². The number of hydrogen-bond acceptors (Lipinski definition) is 4. The normalized spacial score (nSPS) is 16.3. The second-order valence-corrected chi connectivity index (χ2v) is 7.33. The van der Waals surface area contributed by atoms with E-state index in [1.807, 2.05) is 6.07 Å². The fourth-order valence-corrected chi connectivity index (χ4v) is 3.37. The van der Waals surface area contributed by atoms with Crippen LogP contribution in [-0.4, -0.2) is 22.8 Å². The lowest BCUT2D eigenvalue weighted by Crippen LogP contribution is -2.46. The van der Waals surface area contributed by atoms with E-state index in [2.05, 4.69) is 0 Å². The van der Waals surface area contributed by atoms with Crippen molar-refractivity contribution in [3.05, 3.63) is 62.9 Å². The van der Waals surface area contributed by atoms with Crippen LogP contribution in [0.3, 0.4) is 0 Å². The highest BCUT2D eigenvalue weighted by Gasteiger charge is 2.37. The quantitative estimate of drug-likeness (QED) is 0.507. The number of amides is 2.